The quantitative estimate of drug-likeness (QED) is 0.625. The second-order valence-electron chi connectivity index (χ2n) is 6.11. The number of aliphatic hydroxyl groups excluding tert-OH is 2. The molecule has 1 fully saturated rings. The lowest BCUT2D eigenvalue weighted by Gasteiger charge is -2.18. The maximum Gasteiger partial charge on any atom is 0.413 e. The fraction of sp³-hybridized carbons (Fsp3) is 0.333. The summed E-state index contributed by atoms with van der Waals surface area (Å²) >= 11 is 0. The highest BCUT2D eigenvalue weighted by Crippen LogP contribution is 2.28. The van der Waals surface area contributed by atoms with Gasteiger partial charge in [-0.05, 0) is 13.0 Å². The summed E-state index contributed by atoms with van der Waals surface area (Å²) in [6.07, 6.45) is 4.61. The molecular formula is C18H18N4O6. The first-order valence-electron chi connectivity index (χ1n) is 8.34. The third-order valence-electron chi connectivity index (χ3n) is 4.17. The van der Waals surface area contributed by atoms with Gasteiger partial charge in [-0.1, -0.05) is 12.0 Å². The van der Waals surface area contributed by atoms with Gasteiger partial charge in [-0.3, -0.25) is 14.9 Å². The number of nitrogens with zero attached hydrogens (tertiary/aromatic N) is 3. The molecule has 3 rings (SSSR count). The Morgan fingerprint density at radius 3 is 2.86 bits per heavy atom. The Morgan fingerprint density at radius 1 is 1.46 bits per heavy atom. The molecule has 1 aliphatic heterocycles. The number of aliphatic hydroxyl groups is 2. The molecule has 2 aromatic heterocycles. The van der Waals surface area contributed by atoms with Gasteiger partial charge in [0.2, 0.25) is 0 Å². The number of carbonyl (C=O) groups excluding carboxylic acids is 1. The molecule has 28 heavy (non-hydrogen) atoms. The van der Waals surface area contributed by atoms with E-state index in [4.69, 9.17) is 15.9 Å². The Bertz CT molecular complexity index is 955. The molecule has 1 aliphatic rings. The first-order chi connectivity index (χ1) is 13.4. The first kappa shape index (κ1) is 19.5. The number of terminal acetylenes is 1. The van der Waals surface area contributed by atoms with Gasteiger partial charge in [0.25, 0.3) is 0 Å². The van der Waals surface area contributed by atoms with Crippen LogP contribution < -0.4 is 11.0 Å². The molecule has 3 N–H and O–H groups in total. The van der Waals surface area contributed by atoms with Gasteiger partial charge in [0.15, 0.2) is 12.0 Å². The zero-order chi connectivity index (χ0) is 20.3. The summed E-state index contributed by atoms with van der Waals surface area (Å²) < 4.78 is 11.4. The van der Waals surface area contributed by atoms with Gasteiger partial charge >= 0.3 is 11.8 Å². The Hall–Kier alpha value is -3.26. The Labute approximate surface area is 159 Å². The van der Waals surface area contributed by atoms with Crippen molar-refractivity contribution in [1.82, 2.24) is 14.5 Å². The molecule has 2 aromatic rings. The van der Waals surface area contributed by atoms with Gasteiger partial charge in [0, 0.05) is 24.2 Å². The van der Waals surface area contributed by atoms with Crippen LogP contribution in [0.2, 0.25) is 0 Å². The van der Waals surface area contributed by atoms with Crippen molar-refractivity contribution in [2.45, 2.75) is 38.1 Å². The topological polar surface area (TPSA) is 136 Å². The Balaban J connectivity index is 1.76. The SMILES string of the molecule is C#Cc1cn([C@@H]2O[C@H](C)[C@@H](O)[C@H]2O)c(=O)nc1NC(=O)OCc1cccnc1. The molecule has 0 bridgehead atoms. The van der Waals surface area contributed by atoms with Crippen LogP contribution in [0, 0.1) is 12.3 Å². The van der Waals surface area contributed by atoms with Crippen LogP contribution >= 0.6 is 0 Å². The van der Waals surface area contributed by atoms with E-state index in [1.807, 2.05) is 0 Å². The monoisotopic (exact) mass is 386 g/mol. The summed E-state index contributed by atoms with van der Waals surface area (Å²) in [5, 5.41) is 22.2. The number of aromatic nitrogens is 3. The van der Waals surface area contributed by atoms with Gasteiger partial charge in [0.1, 0.15) is 18.8 Å². The third kappa shape index (κ3) is 4.01. The summed E-state index contributed by atoms with van der Waals surface area (Å²) in [5.41, 5.74) is -0.0760. The molecule has 4 atom stereocenters. The largest absolute Gasteiger partial charge is 0.444 e. The summed E-state index contributed by atoms with van der Waals surface area (Å²) in [6.45, 7) is 1.53. The zero-order valence-corrected chi connectivity index (χ0v) is 14.8. The molecule has 0 radical (unpaired) electrons. The number of rotatable bonds is 4. The second kappa shape index (κ2) is 8.18. The minimum absolute atomic E-state index is 0.0278. The average molecular weight is 386 g/mol. The van der Waals surface area contributed by atoms with Crippen molar-refractivity contribution in [2.24, 2.45) is 0 Å². The molecule has 10 heteroatoms. The van der Waals surface area contributed by atoms with E-state index in [9.17, 15) is 19.8 Å². The first-order valence-corrected chi connectivity index (χ1v) is 8.34. The number of pyridine rings is 1. The minimum atomic E-state index is -1.33. The predicted octanol–water partition coefficient (Wildman–Crippen LogP) is 0.00740. The van der Waals surface area contributed by atoms with Crippen molar-refractivity contribution in [1.29, 1.82) is 0 Å². The lowest BCUT2D eigenvalue weighted by Crippen LogP contribution is -2.36. The predicted molar refractivity (Wildman–Crippen MR) is 96.1 cm³/mol. The van der Waals surface area contributed by atoms with Crippen molar-refractivity contribution in [3.05, 3.63) is 52.3 Å². The minimum Gasteiger partial charge on any atom is -0.444 e. The zero-order valence-electron chi connectivity index (χ0n) is 14.8. The average Bonchev–Trinajstić information content (AvgIpc) is 2.94. The van der Waals surface area contributed by atoms with E-state index < -0.39 is 36.3 Å². The van der Waals surface area contributed by atoms with Crippen LogP contribution in [0.25, 0.3) is 0 Å². The van der Waals surface area contributed by atoms with E-state index in [0.717, 1.165) is 4.57 Å². The number of nitrogens with one attached hydrogen (secondary N) is 1. The van der Waals surface area contributed by atoms with Crippen LogP contribution in [-0.2, 0) is 16.1 Å². The van der Waals surface area contributed by atoms with Gasteiger partial charge in [0.05, 0.1) is 11.7 Å². The fourth-order valence-electron chi connectivity index (χ4n) is 2.67. The number of hydrogen-bond donors (Lipinski definition) is 3. The van der Waals surface area contributed by atoms with Crippen LogP contribution in [0.5, 0.6) is 0 Å². The summed E-state index contributed by atoms with van der Waals surface area (Å²) in [5.74, 6) is 2.14. The van der Waals surface area contributed by atoms with Crippen LogP contribution in [0.3, 0.4) is 0 Å². The fourth-order valence-corrected chi connectivity index (χ4v) is 2.67. The maximum atomic E-state index is 12.3. The lowest BCUT2D eigenvalue weighted by atomic mass is 10.1. The molecule has 3 heterocycles. The number of hydrogen-bond acceptors (Lipinski definition) is 8. The Kier molecular flexibility index (Phi) is 5.70. The van der Waals surface area contributed by atoms with Crippen molar-refractivity contribution in [3.8, 4) is 12.3 Å². The lowest BCUT2D eigenvalue weighted by molar-refractivity contribution is -0.0350. The standard InChI is InChI=1S/C18H18N4O6/c1-3-12-8-22(16-14(24)13(23)10(2)28-16)17(25)20-15(12)21-18(26)27-9-11-5-4-6-19-7-11/h1,4-8,10,13-14,16,23-24H,9H2,2H3,(H,20,21,25,26)/t10-,13-,14-,16-/m1/s1. The summed E-state index contributed by atoms with van der Waals surface area (Å²) in [7, 11) is 0. The number of anilines is 1. The van der Waals surface area contributed by atoms with E-state index in [0.29, 0.717) is 5.56 Å². The molecule has 0 aromatic carbocycles. The summed E-state index contributed by atoms with van der Waals surface area (Å²) in [4.78, 5) is 31.9. The molecule has 0 unspecified atom stereocenters. The number of amides is 1. The third-order valence-corrected chi connectivity index (χ3v) is 4.17. The van der Waals surface area contributed by atoms with Crippen molar-refractivity contribution in [3.63, 3.8) is 0 Å². The normalized spacial score (nSPS) is 23.8. The number of carbonyl (C=O) groups is 1. The van der Waals surface area contributed by atoms with E-state index in [2.05, 4.69) is 21.2 Å². The molecule has 0 spiro atoms. The highest BCUT2D eigenvalue weighted by Gasteiger charge is 2.42. The highest BCUT2D eigenvalue weighted by atomic mass is 16.6. The van der Waals surface area contributed by atoms with E-state index >= 15 is 0 Å². The molecule has 0 aliphatic carbocycles. The van der Waals surface area contributed by atoms with Gasteiger partial charge < -0.3 is 19.7 Å². The molecule has 10 nitrogen and oxygen atoms in total. The van der Waals surface area contributed by atoms with Crippen molar-refractivity contribution < 1.29 is 24.5 Å². The molecule has 0 saturated carbocycles. The van der Waals surface area contributed by atoms with Crippen LogP contribution in [0.15, 0.2) is 35.5 Å². The van der Waals surface area contributed by atoms with E-state index in [1.54, 1.807) is 31.5 Å². The second-order valence-corrected chi connectivity index (χ2v) is 6.11. The van der Waals surface area contributed by atoms with Crippen LogP contribution in [-0.4, -0.2) is 49.2 Å². The summed E-state index contributed by atoms with van der Waals surface area (Å²) in [6, 6.07) is 3.43. The molecule has 1 amide bonds. The smallest absolute Gasteiger partial charge is 0.413 e. The van der Waals surface area contributed by atoms with Crippen LogP contribution in [0.1, 0.15) is 24.3 Å². The van der Waals surface area contributed by atoms with E-state index in [1.165, 1.54) is 6.20 Å². The van der Waals surface area contributed by atoms with Gasteiger partial charge in [-0.25, -0.2) is 9.59 Å². The van der Waals surface area contributed by atoms with Crippen LogP contribution in [0.4, 0.5) is 10.6 Å². The molecule has 1 saturated heterocycles. The van der Waals surface area contributed by atoms with Gasteiger partial charge in [-0.15, -0.1) is 6.42 Å². The van der Waals surface area contributed by atoms with Crippen molar-refractivity contribution in [2.75, 3.05) is 5.32 Å². The molecule has 146 valence electrons. The Morgan fingerprint density at radius 2 is 2.25 bits per heavy atom. The van der Waals surface area contributed by atoms with Gasteiger partial charge in [-0.2, -0.15) is 4.98 Å². The highest BCUT2D eigenvalue weighted by molar-refractivity contribution is 5.84. The van der Waals surface area contributed by atoms with E-state index in [-0.39, 0.29) is 18.0 Å². The maximum absolute atomic E-state index is 12.3. The van der Waals surface area contributed by atoms with Crippen molar-refractivity contribution >= 4 is 11.9 Å². The molecular weight excluding hydrogens is 368 g/mol. The number of ether oxygens (including phenoxy) is 2.